The molecule has 134 valence electrons. The molecule has 0 unspecified atom stereocenters. The molecule has 0 bridgehead atoms. The van der Waals surface area contributed by atoms with E-state index in [0.717, 1.165) is 41.7 Å². The van der Waals surface area contributed by atoms with Crippen molar-refractivity contribution in [3.8, 4) is 5.88 Å². The second-order valence-electron chi connectivity index (χ2n) is 6.46. The Morgan fingerprint density at radius 3 is 2.92 bits per heavy atom. The number of fused-ring (bicyclic) bond motifs is 2. The lowest BCUT2D eigenvalue weighted by Crippen LogP contribution is -2.23. The van der Waals surface area contributed by atoms with Crippen molar-refractivity contribution in [2.24, 2.45) is 0 Å². The van der Waals surface area contributed by atoms with Gasteiger partial charge in [-0.2, -0.15) is 5.10 Å². The number of methoxy groups -OCH3 is 1. The summed E-state index contributed by atoms with van der Waals surface area (Å²) in [4.78, 5) is 18.1. The Balaban J connectivity index is 1.62. The maximum absolute atomic E-state index is 11.2. The van der Waals surface area contributed by atoms with Gasteiger partial charge in [-0.25, -0.2) is 9.78 Å². The molecule has 0 atom stereocenters. The van der Waals surface area contributed by atoms with E-state index < -0.39 is 5.97 Å². The van der Waals surface area contributed by atoms with Crippen LogP contribution in [0.1, 0.15) is 28.2 Å². The molecule has 0 spiro atoms. The summed E-state index contributed by atoms with van der Waals surface area (Å²) in [5, 5.41) is 14.4. The van der Waals surface area contributed by atoms with Crippen LogP contribution in [-0.2, 0) is 19.6 Å². The van der Waals surface area contributed by atoms with Gasteiger partial charge >= 0.3 is 5.97 Å². The van der Waals surface area contributed by atoms with Crippen LogP contribution in [0, 0.1) is 0 Å². The fraction of sp³-hybridized carbons (Fsp3) is 0.316. The molecule has 26 heavy (non-hydrogen) atoms. The fourth-order valence-corrected chi connectivity index (χ4v) is 3.44. The zero-order valence-corrected chi connectivity index (χ0v) is 14.6. The molecule has 1 aliphatic heterocycles. The molecule has 0 saturated carbocycles. The van der Waals surface area contributed by atoms with Crippen molar-refractivity contribution >= 4 is 16.9 Å². The van der Waals surface area contributed by atoms with E-state index in [-0.39, 0.29) is 5.69 Å². The van der Waals surface area contributed by atoms with E-state index in [1.165, 1.54) is 0 Å². The van der Waals surface area contributed by atoms with Crippen LogP contribution in [0.2, 0.25) is 0 Å². The minimum absolute atomic E-state index is 0.104. The minimum atomic E-state index is -0.988. The Morgan fingerprint density at radius 2 is 2.12 bits per heavy atom. The number of hydrogen-bond acceptors (Lipinski definition) is 5. The maximum Gasteiger partial charge on any atom is 0.356 e. The highest BCUT2D eigenvalue weighted by molar-refractivity contribution is 5.85. The summed E-state index contributed by atoms with van der Waals surface area (Å²) in [6, 6.07) is 11.8. The Labute approximate surface area is 150 Å². The third kappa shape index (κ3) is 3.13. The molecule has 0 saturated heterocycles. The van der Waals surface area contributed by atoms with Crippen molar-refractivity contribution in [2.75, 3.05) is 13.7 Å². The molecule has 0 fully saturated rings. The van der Waals surface area contributed by atoms with Gasteiger partial charge in [0, 0.05) is 37.1 Å². The summed E-state index contributed by atoms with van der Waals surface area (Å²) >= 11 is 0. The number of aryl methyl sites for hydroxylation is 1. The summed E-state index contributed by atoms with van der Waals surface area (Å²) in [7, 11) is 1.64. The smallest absolute Gasteiger partial charge is 0.356 e. The van der Waals surface area contributed by atoms with Crippen LogP contribution >= 0.6 is 0 Å². The predicted molar refractivity (Wildman–Crippen MR) is 96.2 cm³/mol. The quantitative estimate of drug-likeness (QED) is 0.777. The van der Waals surface area contributed by atoms with Gasteiger partial charge in [-0.1, -0.05) is 18.2 Å². The highest BCUT2D eigenvalue weighted by atomic mass is 16.5. The van der Waals surface area contributed by atoms with E-state index in [0.29, 0.717) is 19.0 Å². The van der Waals surface area contributed by atoms with Crippen molar-refractivity contribution in [3.63, 3.8) is 0 Å². The third-order valence-corrected chi connectivity index (χ3v) is 4.66. The van der Waals surface area contributed by atoms with Crippen molar-refractivity contribution in [2.45, 2.75) is 26.1 Å². The molecular weight excluding hydrogens is 332 g/mol. The van der Waals surface area contributed by atoms with E-state index in [2.05, 4.69) is 21.0 Å². The molecule has 2 aromatic heterocycles. The first-order valence-electron chi connectivity index (χ1n) is 8.59. The number of benzene rings is 1. The molecule has 0 radical (unpaired) electrons. The zero-order valence-electron chi connectivity index (χ0n) is 14.6. The van der Waals surface area contributed by atoms with Crippen LogP contribution in [0.4, 0.5) is 0 Å². The molecule has 1 N–H and O–H groups in total. The Hall–Kier alpha value is -2.93. The lowest BCUT2D eigenvalue weighted by Gasteiger charge is -2.20. The average molecular weight is 352 g/mol. The molecule has 1 aromatic carbocycles. The maximum atomic E-state index is 11.2. The summed E-state index contributed by atoms with van der Waals surface area (Å²) in [5.74, 6) is -0.356. The summed E-state index contributed by atoms with van der Waals surface area (Å²) < 4.78 is 7.30. The second kappa shape index (κ2) is 6.76. The standard InChI is InChI=1S/C19H20N4O3/c1-26-18-14(9-13-5-2-3-6-16(13)20-18)11-22-7-4-8-23-15(12-22)10-17(21-23)19(24)25/h2-3,5-6,9-10H,4,7-8,11-12H2,1H3,(H,24,25). The number of nitrogens with zero attached hydrogens (tertiary/aromatic N) is 4. The topological polar surface area (TPSA) is 80.5 Å². The van der Waals surface area contributed by atoms with E-state index >= 15 is 0 Å². The summed E-state index contributed by atoms with van der Waals surface area (Å²) in [5.41, 5.74) is 2.96. The third-order valence-electron chi connectivity index (χ3n) is 4.66. The lowest BCUT2D eigenvalue weighted by molar-refractivity contribution is 0.0689. The van der Waals surface area contributed by atoms with Gasteiger partial charge < -0.3 is 9.84 Å². The molecule has 3 heterocycles. The summed E-state index contributed by atoms with van der Waals surface area (Å²) in [6.07, 6.45) is 0.914. The molecule has 4 rings (SSSR count). The van der Waals surface area contributed by atoms with Gasteiger partial charge in [0.2, 0.25) is 5.88 Å². The van der Waals surface area contributed by atoms with Gasteiger partial charge in [-0.3, -0.25) is 9.58 Å². The normalized spacial score (nSPS) is 14.8. The van der Waals surface area contributed by atoms with E-state index in [9.17, 15) is 4.79 Å². The van der Waals surface area contributed by atoms with Gasteiger partial charge in [0.25, 0.3) is 0 Å². The van der Waals surface area contributed by atoms with E-state index in [1.54, 1.807) is 17.9 Å². The Morgan fingerprint density at radius 1 is 1.27 bits per heavy atom. The Kier molecular flexibility index (Phi) is 4.30. The van der Waals surface area contributed by atoms with Gasteiger partial charge in [0.05, 0.1) is 18.3 Å². The van der Waals surface area contributed by atoms with Crippen molar-refractivity contribution in [1.82, 2.24) is 19.7 Å². The molecule has 0 aliphatic carbocycles. The van der Waals surface area contributed by atoms with E-state index in [4.69, 9.17) is 9.84 Å². The average Bonchev–Trinajstić information content (AvgIpc) is 2.95. The number of carboxylic acids is 1. The van der Waals surface area contributed by atoms with Crippen LogP contribution in [0.25, 0.3) is 10.9 Å². The van der Waals surface area contributed by atoms with Crippen molar-refractivity contribution < 1.29 is 14.6 Å². The number of hydrogen-bond donors (Lipinski definition) is 1. The first kappa shape index (κ1) is 16.5. The number of carbonyl (C=O) groups is 1. The molecule has 1 aliphatic rings. The number of aromatic carboxylic acids is 1. The SMILES string of the molecule is COc1nc2ccccc2cc1CN1CCCn2nc(C(=O)O)cc2C1. The first-order valence-corrected chi connectivity index (χ1v) is 8.59. The van der Waals surface area contributed by atoms with Crippen LogP contribution in [0.15, 0.2) is 36.4 Å². The first-order chi connectivity index (χ1) is 12.6. The summed E-state index contributed by atoms with van der Waals surface area (Å²) in [6.45, 7) is 2.97. The Bertz CT molecular complexity index is 967. The number of rotatable bonds is 4. The minimum Gasteiger partial charge on any atom is -0.481 e. The number of ether oxygens (including phenoxy) is 1. The number of carboxylic acid groups (broad SMARTS) is 1. The van der Waals surface area contributed by atoms with Gasteiger partial charge in [0.15, 0.2) is 5.69 Å². The predicted octanol–water partition coefficient (Wildman–Crippen LogP) is 2.54. The number of para-hydroxylation sites is 1. The molecule has 3 aromatic rings. The lowest BCUT2D eigenvalue weighted by atomic mass is 10.1. The second-order valence-corrected chi connectivity index (χ2v) is 6.46. The van der Waals surface area contributed by atoms with E-state index in [1.807, 2.05) is 24.3 Å². The molecule has 0 amide bonds. The van der Waals surface area contributed by atoms with Crippen LogP contribution < -0.4 is 4.74 Å². The largest absolute Gasteiger partial charge is 0.481 e. The monoisotopic (exact) mass is 352 g/mol. The van der Waals surface area contributed by atoms with Gasteiger partial charge in [-0.05, 0) is 24.6 Å². The van der Waals surface area contributed by atoms with Crippen LogP contribution in [0.5, 0.6) is 5.88 Å². The highest BCUT2D eigenvalue weighted by Gasteiger charge is 2.20. The molecule has 7 nitrogen and oxygen atoms in total. The molecule has 7 heteroatoms. The fourth-order valence-electron chi connectivity index (χ4n) is 3.44. The number of pyridine rings is 1. The van der Waals surface area contributed by atoms with Gasteiger partial charge in [0.1, 0.15) is 0 Å². The van der Waals surface area contributed by atoms with Crippen molar-refractivity contribution in [3.05, 3.63) is 53.3 Å². The zero-order chi connectivity index (χ0) is 18.1. The van der Waals surface area contributed by atoms with Crippen molar-refractivity contribution in [1.29, 1.82) is 0 Å². The van der Waals surface area contributed by atoms with Crippen LogP contribution in [0.3, 0.4) is 0 Å². The molecular formula is C19H20N4O3. The number of aromatic nitrogens is 3. The van der Waals surface area contributed by atoms with Gasteiger partial charge in [-0.15, -0.1) is 0 Å². The highest BCUT2D eigenvalue weighted by Crippen LogP contribution is 2.25. The van der Waals surface area contributed by atoms with Crippen LogP contribution in [-0.4, -0.2) is 44.4 Å².